The third kappa shape index (κ3) is 6.41. The maximum Gasteiger partial charge on any atom is 0.270 e. The van der Waals surface area contributed by atoms with E-state index in [1.807, 2.05) is 86.6 Å². The summed E-state index contributed by atoms with van der Waals surface area (Å²) in [5.41, 5.74) is 3.55. The minimum absolute atomic E-state index is 0.0165. The molecule has 0 saturated heterocycles. The van der Waals surface area contributed by atoms with Gasteiger partial charge in [-0.2, -0.15) is 0 Å². The molecule has 0 aliphatic carbocycles. The van der Waals surface area contributed by atoms with Crippen molar-refractivity contribution in [3.8, 4) is 5.75 Å². The first kappa shape index (κ1) is 28.4. The number of hydrogen-bond donors (Lipinski definition) is 1. The van der Waals surface area contributed by atoms with Gasteiger partial charge in [0.15, 0.2) is 6.61 Å². The van der Waals surface area contributed by atoms with Gasteiger partial charge in [-0.3, -0.25) is 19.7 Å². The average molecular weight is 565 g/mol. The lowest BCUT2D eigenvalue weighted by molar-refractivity contribution is -0.384. The number of fused-ring (bicyclic) bond motifs is 1. The lowest BCUT2D eigenvalue weighted by Crippen LogP contribution is -2.48. The molecule has 1 aliphatic heterocycles. The van der Waals surface area contributed by atoms with Crippen molar-refractivity contribution in [2.24, 2.45) is 0 Å². The maximum atomic E-state index is 14.1. The van der Waals surface area contributed by atoms with Crippen molar-refractivity contribution in [3.05, 3.63) is 135 Å². The highest BCUT2D eigenvalue weighted by Gasteiger charge is 2.39. The van der Waals surface area contributed by atoms with Crippen LogP contribution in [-0.2, 0) is 17.9 Å². The zero-order valence-electron chi connectivity index (χ0n) is 23.5. The van der Waals surface area contributed by atoms with E-state index in [0.29, 0.717) is 24.5 Å². The molecule has 0 spiro atoms. The average Bonchev–Trinajstić information content (AvgIpc) is 2.99. The molecule has 9 heteroatoms. The molecule has 9 nitrogen and oxygen atoms in total. The topological polar surface area (TPSA) is 105 Å². The molecule has 0 bridgehead atoms. The van der Waals surface area contributed by atoms with Crippen LogP contribution in [0.4, 0.5) is 11.4 Å². The molecular weight excluding hydrogens is 532 g/mol. The quantitative estimate of drug-likeness (QED) is 0.191. The predicted octanol–water partition coefficient (Wildman–Crippen LogP) is 5.86. The van der Waals surface area contributed by atoms with E-state index in [9.17, 15) is 19.7 Å². The van der Waals surface area contributed by atoms with E-state index in [-0.39, 0.29) is 35.7 Å². The van der Waals surface area contributed by atoms with Crippen molar-refractivity contribution in [1.29, 1.82) is 0 Å². The summed E-state index contributed by atoms with van der Waals surface area (Å²) in [4.78, 5) is 41.2. The number of rotatable bonds is 10. The van der Waals surface area contributed by atoms with Gasteiger partial charge in [0.1, 0.15) is 11.9 Å². The number of amides is 2. The zero-order valence-corrected chi connectivity index (χ0v) is 23.5. The van der Waals surface area contributed by atoms with Gasteiger partial charge < -0.3 is 19.9 Å². The summed E-state index contributed by atoms with van der Waals surface area (Å²) in [6, 6.07) is 31.4. The number of nitro groups is 1. The Morgan fingerprint density at radius 3 is 2.05 bits per heavy atom. The Morgan fingerprint density at radius 1 is 0.881 bits per heavy atom. The van der Waals surface area contributed by atoms with Gasteiger partial charge in [0, 0.05) is 31.3 Å². The van der Waals surface area contributed by atoms with E-state index in [1.165, 1.54) is 12.1 Å². The van der Waals surface area contributed by atoms with Gasteiger partial charge in [-0.15, -0.1) is 0 Å². The van der Waals surface area contributed by atoms with Crippen molar-refractivity contribution in [2.45, 2.75) is 39.1 Å². The van der Waals surface area contributed by atoms with Crippen molar-refractivity contribution >= 4 is 23.2 Å². The second-order valence-corrected chi connectivity index (χ2v) is 10.4. The number of ether oxygens (including phenoxy) is 1. The first-order valence-electron chi connectivity index (χ1n) is 13.8. The Bertz CT molecular complexity index is 1560. The third-order valence-electron chi connectivity index (χ3n) is 6.97. The van der Waals surface area contributed by atoms with Gasteiger partial charge in [0.25, 0.3) is 17.5 Å². The standard InChI is InChI=1S/C33H32N4O5/c1-23(2)34-31(38)22-42-28-16-13-26(14-17-28)32-35(20-24-9-5-3-6-10-24)30-18-15-27(37(40)41)19-29(30)33(39)36(32)21-25-11-7-4-8-12-25/h3-19,23,32H,20-22H2,1-2H3,(H,34,38)/t32-/m1/s1. The van der Waals surface area contributed by atoms with Crippen LogP contribution in [0.1, 0.15) is 47.1 Å². The highest BCUT2D eigenvalue weighted by molar-refractivity contribution is 6.02. The lowest BCUT2D eigenvalue weighted by atomic mass is 9.98. The van der Waals surface area contributed by atoms with Gasteiger partial charge in [-0.25, -0.2) is 0 Å². The van der Waals surface area contributed by atoms with Crippen LogP contribution < -0.4 is 15.0 Å². The smallest absolute Gasteiger partial charge is 0.270 e. The second kappa shape index (κ2) is 12.6. The number of nitrogens with zero attached hydrogens (tertiary/aromatic N) is 3. The maximum absolute atomic E-state index is 14.1. The molecule has 1 N–H and O–H groups in total. The predicted molar refractivity (Wildman–Crippen MR) is 160 cm³/mol. The minimum Gasteiger partial charge on any atom is -0.484 e. The fourth-order valence-electron chi connectivity index (χ4n) is 5.12. The SMILES string of the molecule is CC(C)NC(=O)COc1ccc([C@H]2N(Cc3ccccc3)C(=O)c3cc([N+](=O)[O-])ccc3N2Cc2ccccc2)cc1. The molecule has 0 fully saturated rings. The number of nitro benzene ring substituents is 1. The van der Waals surface area contributed by atoms with E-state index in [2.05, 4.69) is 10.2 Å². The number of carbonyl (C=O) groups excluding carboxylic acids is 2. The van der Waals surface area contributed by atoms with Gasteiger partial charge in [-0.1, -0.05) is 72.8 Å². The van der Waals surface area contributed by atoms with Crippen LogP contribution in [0.25, 0.3) is 0 Å². The molecular formula is C33H32N4O5. The first-order valence-corrected chi connectivity index (χ1v) is 13.8. The Balaban J connectivity index is 1.56. The highest BCUT2D eigenvalue weighted by Crippen LogP contribution is 2.42. The number of anilines is 1. The van der Waals surface area contributed by atoms with Crippen LogP contribution in [0.3, 0.4) is 0 Å². The fraction of sp³-hybridized carbons (Fsp3) is 0.212. The molecule has 0 unspecified atom stereocenters. The summed E-state index contributed by atoms with van der Waals surface area (Å²) >= 11 is 0. The molecule has 0 aromatic heterocycles. The fourth-order valence-corrected chi connectivity index (χ4v) is 5.12. The molecule has 1 atom stereocenters. The summed E-state index contributed by atoms with van der Waals surface area (Å²) in [6.45, 7) is 4.42. The number of non-ortho nitro benzene ring substituents is 1. The molecule has 1 aliphatic rings. The van der Waals surface area contributed by atoms with Gasteiger partial charge >= 0.3 is 0 Å². The van der Waals surface area contributed by atoms with Crippen molar-refractivity contribution in [2.75, 3.05) is 11.5 Å². The summed E-state index contributed by atoms with van der Waals surface area (Å²) in [6.07, 6.45) is -0.523. The third-order valence-corrected chi connectivity index (χ3v) is 6.97. The monoisotopic (exact) mass is 564 g/mol. The molecule has 0 saturated carbocycles. The molecule has 0 radical (unpaired) electrons. The molecule has 2 amide bonds. The Kier molecular flexibility index (Phi) is 8.47. The summed E-state index contributed by atoms with van der Waals surface area (Å²) in [7, 11) is 0. The van der Waals surface area contributed by atoms with Crippen LogP contribution in [-0.4, -0.2) is 34.3 Å². The van der Waals surface area contributed by atoms with E-state index < -0.39 is 11.1 Å². The minimum atomic E-state index is -0.523. The zero-order chi connectivity index (χ0) is 29.6. The molecule has 4 aromatic rings. The second-order valence-electron chi connectivity index (χ2n) is 10.4. The van der Waals surface area contributed by atoms with E-state index in [4.69, 9.17) is 4.74 Å². The normalized spacial score (nSPS) is 14.5. The molecule has 214 valence electrons. The summed E-state index contributed by atoms with van der Waals surface area (Å²) < 4.78 is 5.70. The van der Waals surface area contributed by atoms with Gasteiger partial charge in [0.2, 0.25) is 0 Å². The molecule has 5 rings (SSSR count). The van der Waals surface area contributed by atoms with E-state index >= 15 is 0 Å². The molecule has 1 heterocycles. The number of nitrogens with one attached hydrogen (secondary N) is 1. The van der Waals surface area contributed by atoms with Crippen LogP contribution in [0.15, 0.2) is 103 Å². The van der Waals surface area contributed by atoms with Crippen LogP contribution in [0.2, 0.25) is 0 Å². The van der Waals surface area contributed by atoms with Crippen molar-refractivity contribution in [1.82, 2.24) is 10.2 Å². The largest absolute Gasteiger partial charge is 0.484 e. The van der Waals surface area contributed by atoms with Crippen molar-refractivity contribution in [3.63, 3.8) is 0 Å². The lowest BCUT2D eigenvalue weighted by Gasteiger charge is -2.46. The summed E-state index contributed by atoms with van der Waals surface area (Å²) in [5, 5.41) is 14.4. The number of hydrogen-bond acceptors (Lipinski definition) is 6. The van der Waals surface area contributed by atoms with Crippen LogP contribution in [0.5, 0.6) is 5.75 Å². The van der Waals surface area contributed by atoms with Gasteiger partial charge in [0.05, 0.1) is 16.2 Å². The first-order chi connectivity index (χ1) is 20.3. The Labute approximate surface area is 244 Å². The van der Waals surface area contributed by atoms with E-state index in [0.717, 1.165) is 16.7 Å². The summed E-state index contributed by atoms with van der Waals surface area (Å²) in [5.74, 6) is 0.0262. The van der Waals surface area contributed by atoms with Crippen molar-refractivity contribution < 1.29 is 19.2 Å². The number of carbonyl (C=O) groups is 2. The Morgan fingerprint density at radius 2 is 1.48 bits per heavy atom. The molecule has 4 aromatic carbocycles. The van der Waals surface area contributed by atoms with Crippen LogP contribution in [0, 0.1) is 10.1 Å². The van der Waals surface area contributed by atoms with E-state index in [1.54, 1.807) is 23.1 Å². The highest BCUT2D eigenvalue weighted by atomic mass is 16.6. The number of benzene rings is 4. The molecule has 42 heavy (non-hydrogen) atoms. The van der Waals surface area contributed by atoms with Gasteiger partial charge in [-0.05, 0) is 48.7 Å². The van der Waals surface area contributed by atoms with Crippen LogP contribution >= 0.6 is 0 Å². The Hall–Kier alpha value is -5.18.